The number of fused-ring (bicyclic) bond motifs is 4. The largest absolute Gasteiger partial charge is 0.310 e. The van der Waals surface area contributed by atoms with Gasteiger partial charge in [-0.05, 0) is 97.2 Å². The SMILES string of the molecule is CC1(C)c2cc(-c3cccc4ccccc34)ccc2-c2ccc(N(c3ccc(-c4ccccc4)cc3)c3ccccc3-c3ccccc3)cc21. The van der Waals surface area contributed by atoms with Gasteiger partial charge in [-0.25, -0.2) is 0 Å². The summed E-state index contributed by atoms with van der Waals surface area (Å²) in [4.78, 5) is 2.43. The van der Waals surface area contributed by atoms with Crippen LogP contribution < -0.4 is 4.90 Å². The molecular weight excluding hydrogens is 603 g/mol. The molecule has 0 bridgehead atoms. The van der Waals surface area contributed by atoms with Crippen molar-refractivity contribution in [1.29, 1.82) is 0 Å². The Bertz CT molecular complexity index is 2490. The molecule has 1 aliphatic rings. The maximum Gasteiger partial charge on any atom is 0.0540 e. The predicted molar refractivity (Wildman–Crippen MR) is 213 cm³/mol. The Morgan fingerprint density at radius 1 is 0.360 bits per heavy atom. The summed E-state index contributed by atoms with van der Waals surface area (Å²) in [7, 11) is 0. The van der Waals surface area contributed by atoms with Gasteiger partial charge in [0.05, 0.1) is 5.69 Å². The molecule has 0 aromatic heterocycles. The highest BCUT2D eigenvalue weighted by atomic mass is 15.1. The molecule has 0 spiro atoms. The minimum Gasteiger partial charge on any atom is -0.310 e. The Morgan fingerprint density at radius 3 is 1.68 bits per heavy atom. The Kier molecular flexibility index (Phi) is 7.21. The second kappa shape index (κ2) is 12.1. The monoisotopic (exact) mass is 639 g/mol. The van der Waals surface area contributed by atoms with Gasteiger partial charge in [0.2, 0.25) is 0 Å². The zero-order valence-electron chi connectivity index (χ0n) is 28.3. The normalized spacial score (nSPS) is 12.8. The van der Waals surface area contributed by atoms with Gasteiger partial charge < -0.3 is 4.90 Å². The molecule has 1 aliphatic carbocycles. The highest BCUT2D eigenvalue weighted by Gasteiger charge is 2.36. The van der Waals surface area contributed by atoms with Crippen LogP contribution in [-0.2, 0) is 5.41 Å². The lowest BCUT2D eigenvalue weighted by Gasteiger charge is -2.30. The standard InChI is InChI=1S/C49H37N/c1-49(2)46-32-38(42-22-13-19-36-18-9-10-20-41(36)42)26-30-44(46)45-31-29-40(33-47(45)49)50(39-27-24-35(25-28-39)34-14-5-3-6-15-34)48-23-12-11-21-43(48)37-16-7-4-8-17-37/h3-33H,1-2H3. The van der Waals surface area contributed by atoms with Crippen molar-refractivity contribution in [2.45, 2.75) is 19.3 Å². The predicted octanol–water partition coefficient (Wildman–Crippen LogP) is 13.6. The van der Waals surface area contributed by atoms with Crippen LogP contribution in [0.4, 0.5) is 17.1 Å². The first-order valence-corrected chi connectivity index (χ1v) is 17.4. The fraction of sp³-hybridized carbons (Fsp3) is 0.0612. The molecule has 0 atom stereocenters. The van der Waals surface area contributed by atoms with E-state index in [2.05, 4.69) is 207 Å². The van der Waals surface area contributed by atoms with Gasteiger partial charge in [-0.2, -0.15) is 0 Å². The van der Waals surface area contributed by atoms with Gasteiger partial charge >= 0.3 is 0 Å². The lowest BCUT2D eigenvalue weighted by Crippen LogP contribution is -2.17. The first-order chi connectivity index (χ1) is 24.6. The molecule has 50 heavy (non-hydrogen) atoms. The molecule has 0 unspecified atom stereocenters. The molecule has 0 radical (unpaired) electrons. The molecule has 0 aliphatic heterocycles. The maximum atomic E-state index is 2.43. The summed E-state index contributed by atoms with van der Waals surface area (Å²) >= 11 is 0. The van der Waals surface area contributed by atoms with Crippen molar-refractivity contribution >= 4 is 27.8 Å². The van der Waals surface area contributed by atoms with Crippen molar-refractivity contribution in [2.75, 3.05) is 4.90 Å². The average Bonchev–Trinajstić information content (AvgIpc) is 3.41. The number of anilines is 3. The summed E-state index contributed by atoms with van der Waals surface area (Å²) in [5.41, 5.74) is 16.0. The lowest BCUT2D eigenvalue weighted by atomic mass is 9.81. The Labute approximate surface area is 294 Å². The van der Waals surface area contributed by atoms with Gasteiger partial charge in [0.25, 0.3) is 0 Å². The van der Waals surface area contributed by atoms with Crippen LogP contribution in [0.2, 0.25) is 0 Å². The molecule has 1 heteroatoms. The van der Waals surface area contributed by atoms with E-state index in [9.17, 15) is 0 Å². The number of nitrogens with zero attached hydrogens (tertiary/aromatic N) is 1. The number of hydrogen-bond donors (Lipinski definition) is 0. The van der Waals surface area contributed by atoms with Crippen molar-refractivity contribution in [2.24, 2.45) is 0 Å². The van der Waals surface area contributed by atoms with Gasteiger partial charge in [-0.3, -0.25) is 0 Å². The van der Waals surface area contributed by atoms with Crippen LogP contribution in [0.1, 0.15) is 25.0 Å². The van der Waals surface area contributed by atoms with Gasteiger partial charge in [0.15, 0.2) is 0 Å². The molecule has 0 saturated heterocycles. The summed E-state index contributed by atoms with van der Waals surface area (Å²) in [5, 5.41) is 2.56. The molecular formula is C49H37N. The van der Waals surface area contributed by atoms with E-state index in [-0.39, 0.29) is 5.41 Å². The van der Waals surface area contributed by atoms with E-state index >= 15 is 0 Å². The molecule has 8 aromatic carbocycles. The fourth-order valence-electron chi connectivity index (χ4n) is 7.90. The summed E-state index contributed by atoms with van der Waals surface area (Å²) < 4.78 is 0. The minimum atomic E-state index is -0.178. The molecule has 0 saturated carbocycles. The van der Waals surface area contributed by atoms with Crippen LogP contribution in [0.15, 0.2) is 188 Å². The van der Waals surface area contributed by atoms with Gasteiger partial charge in [-0.1, -0.05) is 166 Å². The first kappa shape index (κ1) is 29.9. The van der Waals surface area contributed by atoms with Crippen molar-refractivity contribution in [3.8, 4) is 44.5 Å². The van der Waals surface area contributed by atoms with E-state index < -0.39 is 0 Å². The second-order valence-corrected chi connectivity index (χ2v) is 13.8. The quantitative estimate of drug-likeness (QED) is 0.175. The maximum absolute atomic E-state index is 2.43. The van der Waals surface area contributed by atoms with E-state index in [0.717, 1.165) is 17.1 Å². The van der Waals surface area contributed by atoms with Gasteiger partial charge in [-0.15, -0.1) is 0 Å². The lowest BCUT2D eigenvalue weighted by molar-refractivity contribution is 0.660. The van der Waals surface area contributed by atoms with E-state index in [1.165, 1.54) is 66.4 Å². The number of para-hydroxylation sites is 1. The van der Waals surface area contributed by atoms with Gasteiger partial charge in [0.1, 0.15) is 0 Å². The summed E-state index contributed by atoms with van der Waals surface area (Å²) in [5.74, 6) is 0. The minimum absolute atomic E-state index is 0.178. The number of rotatable bonds is 6. The molecule has 238 valence electrons. The van der Waals surface area contributed by atoms with E-state index in [1.807, 2.05) is 0 Å². The van der Waals surface area contributed by atoms with Crippen LogP contribution in [0.5, 0.6) is 0 Å². The second-order valence-electron chi connectivity index (χ2n) is 13.8. The van der Waals surface area contributed by atoms with Gasteiger partial charge in [0, 0.05) is 22.4 Å². The third-order valence-corrected chi connectivity index (χ3v) is 10.5. The molecule has 9 rings (SSSR count). The molecule has 0 fully saturated rings. The Balaban J connectivity index is 1.18. The Morgan fingerprint density at radius 2 is 0.900 bits per heavy atom. The van der Waals surface area contributed by atoms with Crippen LogP contribution in [0, 0.1) is 0 Å². The van der Waals surface area contributed by atoms with E-state index in [4.69, 9.17) is 0 Å². The summed E-state index contributed by atoms with van der Waals surface area (Å²) in [6.45, 7) is 4.76. The number of hydrogen-bond acceptors (Lipinski definition) is 1. The highest BCUT2D eigenvalue weighted by molar-refractivity contribution is 5.98. The van der Waals surface area contributed by atoms with Crippen molar-refractivity contribution in [1.82, 2.24) is 0 Å². The molecule has 8 aromatic rings. The summed E-state index contributed by atoms with van der Waals surface area (Å²) in [6, 6.07) is 68.5. The van der Waals surface area contributed by atoms with Crippen molar-refractivity contribution in [3.05, 3.63) is 199 Å². The smallest absolute Gasteiger partial charge is 0.0540 e. The Hall–Kier alpha value is -6.18. The molecule has 0 N–H and O–H groups in total. The third-order valence-electron chi connectivity index (χ3n) is 10.5. The number of benzene rings is 8. The molecule has 0 heterocycles. The van der Waals surface area contributed by atoms with Crippen LogP contribution in [-0.4, -0.2) is 0 Å². The van der Waals surface area contributed by atoms with Crippen molar-refractivity contribution in [3.63, 3.8) is 0 Å². The zero-order valence-corrected chi connectivity index (χ0v) is 28.3. The molecule has 0 amide bonds. The topological polar surface area (TPSA) is 3.24 Å². The third kappa shape index (κ3) is 5.02. The zero-order chi connectivity index (χ0) is 33.7. The van der Waals surface area contributed by atoms with Crippen LogP contribution in [0.3, 0.4) is 0 Å². The van der Waals surface area contributed by atoms with E-state index in [0.29, 0.717) is 0 Å². The van der Waals surface area contributed by atoms with Crippen LogP contribution >= 0.6 is 0 Å². The van der Waals surface area contributed by atoms with Crippen LogP contribution in [0.25, 0.3) is 55.3 Å². The average molecular weight is 640 g/mol. The molecule has 1 nitrogen and oxygen atoms in total. The van der Waals surface area contributed by atoms with Crippen molar-refractivity contribution < 1.29 is 0 Å². The highest BCUT2D eigenvalue weighted by Crippen LogP contribution is 2.52. The van der Waals surface area contributed by atoms with E-state index in [1.54, 1.807) is 0 Å². The fourth-order valence-corrected chi connectivity index (χ4v) is 7.90. The summed E-state index contributed by atoms with van der Waals surface area (Å²) in [6.07, 6.45) is 0. The first-order valence-electron chi connectivity index (χ1n) is 17.4.